The Morgan fingerprint density at radius 2 is 2.03 bits per heavy atom. The minimum atomic E-state index is -5.08. The van der Waals surface area contributed by atoms with Crippen molar-refractivity contribution < 1.29 is 31.5 Å². The molecule has 0 fully saturated rings. The molecule has 0 saturated carbocycles. The largest absolute Gasteiger partial charge is 0.490 e. The van der Waals surface area contributed by atoms with Crippen molar-refractivity contribution in [3.63, 3.8) is 0 Å². The molecule has 0 bridgehead atoms. The number of aromatic nitrogens is 3. The van der Waals surface area contributed by atoms with Gasteiger partial charge >= 0.3 is 12.1 Å². The molecule has 1 aromatic carbocycles. The number of halogens is 3. The highest BCUT2D eigenvalue weighted by Crippen LogP contribution is 2.24. The van der Waals surface area contributed by atoms with Gasteiger partial charge in [0.1, 0.15) is 0 Å². The first-order valence-corrected chi connectivity index (χ1v) is 11.4. The number of sulfonamides is 1. The number of hydrogen-bond acceptors (Lipinski definition) is 5. The van der Waals surface area contributed by atoms with E-state index in [2.05, 4.69) is 44.0 Å². The summed E-state index contributed by atoms with van der Waals surface area (Å²) in [5.74, 6) is -2.76. The molecule has 0 aliphatic carbocycles. The average Bonchev–Trinajstić information content (AvgIpc) is 3.35. The Morgan fingerprint density at radius 3 is 2.69 bits per heavy atom. The third kappa shape index (κ3) is 6.08. The van der Waals surface area contributed by atoms with Crippen LogP contribution in [0.1, 0.15) is 17.3 Å². The number of alkyl halides is 3. The summed E-state index contributed by atoms with van der Waals surface area (Å²) in [6, 6.07) is 10.4. The Hall–Kier alpha value is -2.90. The van der Waals surface area contributed by atoms with Crippen LogP contribution in [0.25, 0.3) is 10.9 Å². The van der Waals surface area contributed by atoms with Gasteiger partial charge < -0.3 is 10.1 Å². The molecule has 1 unspecified atom stereocenters. The number of H-pyrrole nitrogens is 1. The molecule has 174 valence electrons. The second-order valence-electron chi connectivity index (χ2n) is 7.37. The summed E-state index contributed by atoms with van der Waals surface area (Å²) in [7, 11) is -3.22. The number of rotatable bonds is 5. The van der Waals surface area contributed by atoms with Gasteiger partial charge in [0.15, 0.2) is 0 Å². The smallest absolute Gasteiger partial charge is 0.475 e. The Kier molecular flexibility index (Phi) is 6.91. The second-order valence-corrected chi connectivity index (χ2v) is 9.20. The molecule has 1 aliphatic heterocycles. The van der Waals surface area contributed by atoms with Crippen LogP contribution in [0.2, 0.25) is 0 Å². The zero-order valence-corrected chi connectivity index (χ0v) is 17.8. The van der Waals surface area contributed by atoms with E-state index < -0.39 is 22.2 Å². The van der Waals surface area contributed by atoms with E-state index in [1.165, 1.54) is 17.2 Å². The number of fused-ring (bicyclic) bond motifs is 2. The number of carboxylic acids is 1. The predicted octanol–water partition coefficient (Wildman–Crippen LogP) is 2.10. The van der Waals surface area contributed by atoms with Gasteiger partial charge in [0.2, 0.25) is 10.0 Å². The van der Waals surface area contributed by atoms with Crippen molar-refractivity contribution in [3.05, 3.63) is 54.0 Å². The normalized spacial score (nSPS) is 16.9. The van der Waals surface area contributed by atoms with Gasteiger partial charge in [-0.1, -0.05) is 12.1 Å². The lowest BCUT2D eigenvalue weighted by Gasteiger charge is -2.34. The molecule has 0 spiro atoms. The quantitative estimate of drug-likeness (QED) is 0.522. The molecule has 9 nitrogen and oxygen atoms in total. The van der Waals surface area contributed by atoms with Crippen LogP contribution in [-0.4, -0.2) is 64.7 Å². The van der Waals surface area contributed by atoms with Gasteiger partial charge in [-0.2, -0.15) is 18.3 Å². The summed E-state index contributed by atoms with van der Waals surface area (Å²) in [5, 5.41) is 12.7. The summed E-state index contributed by atoms with van der Waals surface area (Å²) in [5.41, 5.74) is 3.50. The van der Waals surface area contributed by atoms with Crippen LogP contribution in [0.4, 0.5) is 13.2 Å². The summed E-state index contributed by atoms with van der Waals surface area (Å²) in [6.07, 6.45) is -0.165. The van der Waals surface area contributed by atoms with Crippen molar-refractivity contribution in [1.82, 2.24) is 24.4 Å². The first kappa shape index (κ1) is 23.8. The number of aliphatic carboxylic acids is 1. The lowest BCUT2D eigenvalue weighted by Crippen LogP contribution is -2.42. The average molecular weight is 473 g/mol. The van der Waals surface area contributed by atoms with Gasteiger partial charge in [0, 0.05) is 49.5 Å². The summed E-state index contributed by atoms with van der Waals surface area (Å²) < 4.78 is 59.2. The zero-order valence-electron chi connectivity index (χ0n) is 17.0. The van der Waals surface area contributed by atoms with Crippen LogP contribution >= 0.6 is 0 Å². The number of carbonyl (C=O) groups is 1. The van der Waals surface area contributed by atoms with E-state index >= 15 is 0 Å². The number of nitrogens with one attached hydrogen (secondary N) is 2. The van der Waals surface area contributed by atoms with Crippen molar-refractivity contribution in [2.45, 2.75) is 25.3 Å². The molecule has 3 heterocycles. The van der Waals surface area contributed by atoms with Crippen molar-refractivity contribution in [2.75, 3.05) is 19.3 Å². The topological polar surface area (TPSA) is 120 Å². The molecule has 1 atom stereocenters. The van der Waals surface area contributed by atoms with Crippen LogP contribution in [0.3, 0.4) is 0 Å². The fourth-order valence-electron chi connectivity index (χ4n) is 3.51. The van der Waals surface area contributed by atoms with E-state index in [1.54, 1.807) is 6.20 Å². The number of aromatic amines is 1. The lowest BCUT2D eigenvalue weighted by atomic mass is 10.1. The summed E-state index contributed by atoms with van der Waals surface area (Å²) >= 11 is 0. The Labute approximate surface area is 181 Å². The van der Waals surface area contributed by atoms with E-state index in [4.69, 9.17) is 9.90 Å². The molecule has 3 aromatic rings. The predicted molar refractivity (Wildman–Crippen MR) is 110 cm³/mol. The molecule has 0 amide bonds. The summed E-state index contributed by atoms with van der Waals surface area (Å²) in [4.78, 5) is 14.5. The minimum absolute atomic E-state index is 0.0149. The van der Waals surface area contributed by atoms with Crippen LogP contribution in [0.15, 0.2) is 42.7 Å². The van der Waals surface area contributed by atoms with Crippen molar-refractivity contribution in [1.29, 1.82) is 0 Å². The van der Waals surface area contributed by atoms with Crippen LogP contribution in [0, 0.1) is 0 Å². The van der Waals surface area contributed by atoms with Gasteiger partial charge in [-0.05, 0) is 23.8 Å². The highest BCUT2D eigenvalue weighted by molar-refractivity contribution is 7.88. The van der Waals surface area contributed by atoms with E-state index in [0.717, 1.165) is 30.8 Å². The SMILES string of the molecule is CS(=O)(=O)NCC1CN(Cc2cccc3[nH]ccc23)Cc2ccnn21.O=C(O)C(F)(F)F. The first-order chi connectivity index (χ1) is 14.9. The number of carboxylic acid groups (broad SMARTS) is 1. The van der Waals surface area contributed by atoms with Gasteiger partial charge in [-0.25, -0.2) is 17.9 Å². The van der Waals surface area contributed by atoms with Gasteiger partial charge in [-0.15, -0.1) is 0 Å². The van der Waals surface area contributed by atoms with Crippen LogP contribution < -0.4 is 4.72 Å². The lowest BCUT2D eigenvalue weighted by molar-refractivity contribution is -0.192. The van der Waals surface area contributed by atoms with Crippen molar-refractivity contribution in [2.24, 2.45) is 0 Å². The van der Waals surface area contributed by atoms with Crippen molar-refractivity contribution >= 4 is 26.9 Å². The molecule has 13 heteroatoms. The molecule has 1 aliphatic rings. The standard InChI is InChI=1S/C17H21N5O2S.C2HF3O2/c1-25(23,24)20-9-15-12-21(11-14-5-8-19-22(14)15)10-13-3-2-4-17-16(13)6-7-18-17;3-2(4,5)1(6)7/h2-8,15,18,20H,9-12H2,1H3;(H,6,7). The monoisotopic (exact) mass is 473 g/mol. The second kappa shape index (κ2) is 9.30. The molecular formula is C19H22F3N5O4S. The van der Waals surface area contributed by atoms with Crippen LogP contribution in [0.5, 0.6) is 0 Å². The highest BCUT2D eigenvalue weighted by atomic mass is 32.2. The third-order valence-corrected chi connectivity index (χ3v) is 5.55. The first-order valence-electron chi connectivity index (χ1n) is 9.48. The fraction of sp³-hybridized carbons (Fsp3) is 0.368. The maximum absolute atomic E-state index is 11.5. The minimum Gasteiger partial charge on any atom is -0.475 e. The highest BCUT2D eigenvalue weighted by Gasteiger charge is 2.38. The maximum atomic E-state index is 11.5. The van der Waals surface area contributed by atoms with Gasteiger partial charge in [0.05, 0.1) is 18.0 Å². The van der Waals surface area contributed by atoms with Crippen molar-refractivity contribution in [3.8, 4) is 0 Å². The molecule has 4 rings (SSSR count). The Morgan fingerprint density at radius 1 is 1.31 bits per heavy atom. The number of nitrogens with zero attached hydrogens (tertiary/aromatic N) is 3. The molecule has 3 N–H and O–H groups in total. The molecule has 0 saturated heterocycles. The zero-order chi connectivity index (χ0) is 23.5. The number of benzene rings is 1. The van der Waals surface area contributed by atoms with Gasteiger partial charge in [-0.3, -0.25) is 9.58 Å². The van der Waals surface area contributed by atoms with E-state index in [0.29, 0.717) is 6.54 Å². The Bertz CT molecular complexity index is 1190. The molecule has 2 aromatic heterocycles. The molecule has 0 radical (unpaired) electrons. The third-order valence-electron chi connectivity index (χ3n) is 4.86. The molecular weight excluding hydrogens is 451 g/mol. The number of hydrogen-bond donors (Lipinski definition) is 3. The van der Waals surface area contributed by atoms with E-state index in [9.17, 15) is 21.6 Å². The van der Waals surface area contributed by atoms with Crippen LogP contribution in [-0.2, 0) is 27.9 Å². The fourth-order valence-corrected chi connectivity index (χ4v) is 4.01. The van der Waals surface area contributed by atoms with Gasteiger partial charge in [0.25, 0.3) is 0 Å². The van der Waals surface area contributed by atoms with E-state index in [-0.39, 0.29) is 6.04 Å². The maximum Gasteiger partial charge on any atom is 0.490 e. The summed E-state index contributed by atoms with van der Waals surface area (Å²) in [6.45, 7) is 2.71. The Balaban J connectivity index is 0.000000360. The molecule has 32 heavy (non-hydrogen) atoms. The van der Waals surface area contributed by atoms with E-state index in [1.807, 2.05) is 16.9 Å².